The molecule has 1 atom stereocenters. The summed E-state index contributed by atoms with van der Waals surface area (Å²) < 4.78 is 0. The van der Waals surface area contributed by atoms with Crippen LogP contribution in [0, 0.1) is 5.92 Å². The number of rotatable bonds is 8. The Hall–Kier alpha value is -2.28. The van der Waals surface area contributed by atoms with Gasteiger partial charge in [0, 0.05) is 46.5 Å². The summed E-state index contributed by atoms with van der Waals surface area (Å²) in [6, 6.07) is 8.13. The van der Waals surface area contributed by atoms with Gasteiger partial charge in [0.25, 0.3) is 0 Å². The van der Waals surface area contributed by atoms with Crippen molar-refractivity contribution in [1.82, 2.24) is 15.1 Å². The van der Waals surface area contributed by atoms with Gasteiger partial charge in [0.2, 0.25) is 5.91 Å². The van der Waals surface area contributed by atoms with E-state index in [2.05, 4.69) is 22.3 Å². The number of nitrogens with two attached hydrogens (primary N) is 1. The van der Waals surface area contributed by atoms with Crippen molar-refractivity contribution >= 4 is 17.6 Å². The Morgan fingerprint density at radius 2 is 1.93 bits per heavy atom. The van der Waals surface area contributed by atoms with Crippen molar-refractivity contribution in [3.05, 3.63) is 29.8 Å². The lowest BCUT2D eigenvalue weighted by Gasteiger charge is -2.31. The third kappa shape index (κ3) is 6.75. The summed E-state index contributed by atoms with van der Waals surface area (Å²) in [6.45, 7) is 3.82. The molecule has 1 saturated heterocycles. The lowest BCUT2D eigenvalue weighted by molar-refractivity contribution is -0.123. The van der Waals surface area contributed by atoms with Gasteiger partial charge in [-0.3, -0.25) is 4.79 Å². The molecule has 150 valence electrons. The zero-order valence-corrected chi connectivity index (χ0v) is 16.8. The molecule has 1 aliphatic heterocycles. The molecule has 3 amide bonds. The summed E-state index contributed by atoms with van der Waals surface area (Å²) in [4.78, 5) is 29.6. The van der Waals surface area contributed by atoms with Gasteiger partial charge in [0.1, 0.15) is 0 Å². The molecule has 27 heavy (non-hydrogen) atoms. The number of nitrogens with one attached hydrogen (secondary N) is 1. The van der Waals surface area contributed by atoms with Crippen LogP contribution in [0.4, 0.5) is 10.5 Å². The third-order valence-electron chi connectivity index (χ3n) is 5.05. The zero-order valence-electron chi connectivity index (χ0n) is 16.8. The van der Waals surface area contributed by atoms with Gasteiger partial charge in [0.15, 0.2) is 0 Å². The van der Waals surface area contributed by atoms with Crippen molar-refractivity contribution in [2.45, 2.75) is 25.8 Å². The predicted molar refractivity (Wildman–Crippen MR) is 109 cm³/mol. The van der Waals surface area contributed by atoms with Crippen LogP contribution in [0.3, 0.4) is 0 Å². The van der Waals surface area contributed by atoms with E-state index in [0.29, 0.717) is 13.1 Å². The molecule has 1 aromatic carbocycles. The van der Waals surface area contributed by atoms with Gasteiger partial charge >= 0.3 is 6.03 Å². The van der Waals surface area contributed by atoms with Crippen LogP contribution in [0.2, 0.25) is 0 Å². The molecular formula is C20H33N5O2. The molecule has 2 rings (SSSR count). The van der Waals surface area contributed by atoms with Gasteiger partial charge in [-0.05, 0) is 50.0 Å². The van der Waals surface area contributed by atoms with Gasteiger partial charge in [-0.25, -0.2) is 4.79 Å². The minimum atomic E-state index is -0.201. The lowest BCUT2D eigenvalue weighted by atomic mass is 9.97. The normalized spacial score (nSPS) is 17.4. The molecule has 0 radical (unpaired) electrons. The molecule has 7 heteroatoms. The third-order valence-corrected chi connectivity index (χ3v) is 5.05. The Bertz CT molecular complexity index is 617. The number of piperidine rings is 1. The number of anilines is 1. The molecule has 3 N–H and O–H groups in total. The standard InChI is InChI=1S/C20H33N5O2/c1-23(2)18-9-7-16(8-10-18)14-24(3)20(27)22-11-5-13-25-12-4-6-17(15-25)19(21)26/h7-10,17H,4-6,11-15H2,1-3H3,(H2,21,26)(H,22,27). The fourth-order valence-corrected chi connectivity index (χ4v) is 3.37. The fourth-order valence-electron chi connectivity index (χ4n) is 3.37. The van der Waals surface area contributed by atoms with Crippen LogP contribution in [0.1, 0.15) is 24.8 Å². The molecule has 1 aliphatic rings. The van der Waals surface area contributed by atoms with Gasteiger partial charge in [-0.2, -0.15) is 0 Å². The van der Waals surface area contributed by atoms with E-state index in [9.17, 15) is 9.59 Å². The summed E-state index contributed by atoms with van der Waals surface area (Å²) in [6.07, 6.45) is 2.76. The first-order valence-corrected chi connectivity index (χ1v) is 9.63. The van der Waals surface area contributed by atoms with E-state index < -0.39 is 0 Å². The lowest BCUT2D eigenvalue weighted by Crippen LogP contribution is -2.42. The van der Waals surface area contributed by atoms with E-state index in [1.54, 1.807) is 11.9 Å². The van der Waals surface area contributed by atoms with E-state index >= 15 is 0 Å². The molecule has 1 aromatic rings. The summed E-state index contributed by atoms with van der Waals surface area (Å²) in [5.41, 5.74) is 7.65. The highest BCUT2D eigenvalue weighted by atomic mass is 16.2. The SMILES string of the molecule is CN(Cc1ccc(N(C)C)cc1)C(=O)NCCCN1CCCC(C(N)=O)C1. The first kappa shape index (κ1) is 21.0. The van der Waals surface area contributed by atoms with E-state index in [4.69, 9.17) is 5.73 Å². The Labute approximate surface area is 162 Å². The second-order valence-corrected chi connectivity index (χ2v) is 7.54. The van der Waals surface area contributed by atoms with Gasteiger partial charge in [0.05, 0.1) is 5.92 Å². The topological polar surface area (TPSA) is 81.9 Å². The average Bonchev–Trinajstić information content (AvgIpc) is 2.65. The summed E-state index contributed by atoms with van der Waals surface area (Å²) in [7, 11) is 5.82. The van der Waals surface area contributed by atoms with Crippen molar-refractivity contribution in [2.24, 2.45) is 11.7 Å². The van der Waals surface area contributed by atoms with Gasteiger partial charge in [-0.15, -0.1) is 0 Å². The summed E-state index contributed by atoms with van der Waals surface area (Å²) in [5.74, 6) is -0.230. The van der Waals surface area contributed by atoms with E-state index in [1.807, 2.05) is 31.1 Å². The Morgan fingerprint density at radius 1 is 1.22 bits per heavy atom. The number of carbonyl (C=O) groups is 2. The van der Waals surface area contributed by atoms with Gasteiger partial charge in [-0.1, -0.05) is 12.1 Å². The van der Waals surface area contributed by atoms with Crippen LogP contribution in [-0.4, -0.2) is 69.1 Å². The van der Waals surface area contributed by atoms with Crippen LogP contribution in [0.5, 0.6) is 0 Å². The van der Waals surface area contributed by atoms with E-state index in [1.165, 1.54) is 0 Å². The van der Waals surface area contributed by atoms with Crippen molar-refractivity contribution in [1.29, 1.82) is 0 Å². The Balaban J connectivity index is 1.66. The van der Waals surface area contributed by atoms with Crippen molar-refractivity contribution in [2.75, 3.05) is 52.2 Å². The maximum Gasteiger partial charge on any atom is 0.317 e. The number of nitrogens with zero attached hydrogens (tertiary/aromatic N) is 3. The minimum absolute atomic E-state index is 0.0293. The number of carbonyl (C=O) groups excluding carboxylic acids is 2. The zero-order chi connectivity index (χ0) is 19.8. The largest absolute Gasteiger partial charge is 0.378 e. The predicted octanol–water partition coefficient (Wildman–Crippen LogP) is 1.48. The molecule has 1 fully saturated rings. The number of hydrogen-bond acceptors (Lipinski definition) is 4. The number of likely N-dealkylation sites (tertiary alicyclic amines) is 1. The molecular weight excluding hydrogens is 342 g/mol. The maximum atomic E-state index is 12.2. The second kappa shape index (κ2) is 10.2. The average molecular weight is 376 g/mol. The monoisotopic (exact) mass is 375 g/mol. The fraction of sp³-hybridized carbons (Fsp3) is 0.600. The van der Waals surface area contributed by atoms with Crippen molar-refractivity contribution in [3.63, 3.8) is 0 Å². The van der Waals surface area contributed by atoms with Crippen molar-refractivity contribution in [3.8, 4) is 0 Å². The Morgan fingerprint density at radius 3 is 2.56 bits per heavy atom. The van der Waals surface area contributed by atoms with Crippen LogP contribution in [0.15, 0.2) is 24.3 Å². The van der Waals surface area contributed by atoms with E-state index in [-0.39, 0.29) is 17.9 Å². The van der Waals surface area contributed by atoms with Crippen LogP contribution in [0.25, 0.3) is 0 Å². The maximum absolute atomic E-state index is 12.2. The number of primary amides is 1. The smallest absolute Gasteiger partial charge is 0.317 e. The molecule has 0 saturated carbocycles. The highest BCUT2D eigenvalue weighted by molar-refractivity contribution is 5.77. The molecule has 0 aromatic heterocycles. The van der Waals surface area contributed by atoms with Gasteiger partial charge < -0.3 is 25.8 Å². The molecule has 7 nitrogen and oxygen atoms in total. The van der Waals surface area contributed by atoms with Crippen LogP contribution >= 0.6 is 0 Å². The number of benzene rings is 1. The van der Waals surface area contributed by atoms with Crippen LogP contribution in [-0.2, 0) is 11.3 Å². The number of urea groups is 1. The molecule has 0 bridgehead atoms. The highest BCUT2D eigenvalue weighted by Crippen LogP contribution is 2.16. The second-order valence-electron chi connectivity index (χ2n) is 7.54. The van der Waals surface area contributed by atoms with E-state index in [0.717, 1.165) is 50.1 Å². The summed E-state index contributed by atoms with van der Waals surface area (Å²) in [5, 5.41) is 2.97. The van der Waals surface area contributed by atoms with Crippen molar-refractivity contribution < 1.29 is 9.59 Å². The first-order chi connectivity index (χ1) is 12.9. The number of hydrogen-bond donors (Lipinski definition) is 2. The summed E-state index contributed by atoms with van der Waals surface area (Å²) >= 11 is 0. The molecule has 0 aliphatic carbocycles. The Kier molecular flexibility index (Phi) is 7.91. The highest BCUT2D eigenvalue weighted by Gasteiger charge is 2.23. The first-order valence-electron chi connectivity index (χ1n) is 9.63. The number of amides is 3. The molecule has 1 heterocycles. The molecule has 1 unspecified atom stereocenters. The minimum Gasteiger partial charge on any atom is -0.378 e. The quantitative estimate of drug-likeness (QED) is 0.675. The van der Waals surface area contributed by atoms with Crippen LogP contribution < -0.4 is 16.0 Å². The molecule has 0 spiro atoms.